The summed E-state index contributed by atoms with van der Waals surface area (Å²) in [4.78, 5) is 45.2. The number of fused-ring (bicyclic) bond motifs is 3. The average molecular weight is 721 g/mol. The van der Waals surface area contributed by atoms with Gasteiger partial charge in [-0.25, -0.2) is 0 Å². The van der Waals surface area contributed by atoms with Crippen LogP contribution in [0.3, 0.4) is 0 Å². The van der Waals surface area contributed by atoms with Crippen molar-refractivity contribution in [1.29, 1.82) is 0 Å². The molecule has 0 aliphatic carbocycles. The SMILES string of the molecule is COc1ccc(C#Cc2ccc3c(c2)C2(C(=O)N3)C(C(=O)O)C3C(=O)OC(c4ccccc4)C(c4ccccc4)N3C2c2cccc(OCCO)c2)cc1. The number of aliphatic carboxylic acids is 1. The third kappa shape index (κ3) is 5.75. The van der Waals surface area contributed by atoms with Gasteiger partial charge in [-0.05, 0) is 76.9 Å². The minimum Gasteiger partial charge on any atom is -0.497 e. The first-order valence-corrected chi connectivity index (χ1v) is 17.6. The van der Waals surface area contributed by atoms with E-state index in [9.17, 15) is 24.6 Å². The molecule has 3 aliphatic rings. The zero-order valence-electron chi connectivity index (χ0n) is 29.2. The monoisotopic (exact) mass is 720 g/mol. The van der Waals surface area contributed by atoms with E-state index in [1.807, 2.05) is 95.9 Å². The molecule has 5 aromatic rings. The molecular weight excluding hydrogens is 684 g/mol. The second-order valence-corrected chi connectivity index (χ2v) is 13.4. The third-order valence-corrected chi connectivity index (χ3v) is 10.5. The Morgan fingerprint density at radius 1 is 0.796 bits per heavy atom. The number of anilines is 1. The number of aliphatic hydroxyl groups is 1. The standard InChI is InChI=1S/C44H36N2O8/c1-52-32-20-17-27(18-21-32)15-16-28-19-22-35-34(25-28)44(43(51)45-35)36(41(48)49)38-42(50)54-39(30-11-6-3-7-12-30)37(29-9-4-2-5-10-29)46(38)40(44)31-13-8-14-33(26-31)53-24-23-47/h2-14,17-22,25-26,36-40,47H,23-24H2,1H3,(H,45,51)(H,48,49). The van der Waals surface area contributed by atoms with E-state index >= 15 is 0 Å². The lowest BCUT2D eigenvalue weighted by Crippen LogP contribution is -2.52. The Morgan fingerprint density at radius 2 is 1.46 bits per heavy atom. The summed E-state index contributed by atoms with van der Waals surface area (Å²) in [5, 5.41) is 23.8. The Bertz CT molecular complexity index is 2280. The normalized spacial score (nSPS) is 24.1. The number of benzene rings is 5. The number of carbonyl (C=O) groups excluding carboxylic acids is 2. The molecule has 10 nitrogen and oxygen atoms in total. The Kier molecular flexibility index (Phi) is 9.11. The third-order valence-electron chi connectivity index (χ3n) is 10.5. The van der Waals surface area contributed by atoms with Crippen molar-refractivity contribution in [3.05, 3.63) is 161 Å². The number of hydrogen-bond donors (Lipinski definition) is 3. The molecule has 270 valence electrons. The summed E-state index contributed by atoms with van der Waals surface area (Å²) in [6.45, 7) is -0.193. The molecule has 0 bridgehead atoms. The van der Waals surface area contributed by atoms with E-state index < -0.39 is 53.4 Å². The van der Waals surface area contributed by atoms with Gasteiger partial charge in [-0.15, -0.1) is 0 Å². The predicted octanol–water partition coefficient (Wildman–Crippen LogP) is 5.82. The Hall–Kier alpha value is -6.41. The van der Waals surface area contributed by atoms with Crippen molar-refractivity contribution in [3.63, 3.8) is 0 Å². The zero-order valence-corrected chi connectivity index (χ0v) is 29.2. The van der Waals surface area contributed by atoms with Gasteiger partial charge in [0, 0.05) is 16.8 Å². The van der Waals surface area contributed by atoms with E-state index in [0.29, 0.717) is 33.9 Å². The fourth-order valence-electron chi connectivity index (χ4n) is 8.41. The largest absolute Gasteiger partial charge is 0.497 e. The van der Waals surface area contributed by atoms with E-state index in [-0.39, 0.29) is 13.2 Å². The van der Waals surface area contributed by atoms with E-state index in [1.165, 1.54) is 0 Å². The molecule has 0 saturated carbocycles. The highest BCUT2D eigenvalue weighted by Gasteiger charge is 2.74. The van der Waals surface area contributed by atoms with Crippen LogP contribution in [0.25, 0.3) is 0 Å². The molecule has 3 N–H and O–H groups in total. The van der Waals surface area contributed by atoms with Crippen LogP contribution in [0.5, 0.6) is 11.5 Å². The lowest BCUT2D eigenvalue weighted by atomic mass is 9.65. The maximum absolute atomic E-state index is 14.9. The molecule has 3 heterocycles. The van der Waals surface area contributed by atoms with Crippen LogP contribution in [-0.4, -0.2) is 59.3 Å². The molecule has 2 saturated heterocycles. The number of nitrogens with one attached hydrogen (secondary N) is 1. The number of aliphatic hydroxyl groups excluding tert-OH is 1. The van der Waals surface area contributed by atoms with Gasteiger partial charge in [0.05, 0.1) is 25.8 Å². The number of esters is 1. The zero-order chi connectivity index (χ0) is 37.4. The molecule has 1 spiro atoms. The number of carbonyl (C=O) groups is 3. The van der Waals surface area contributed by atoms with Gasteiger partial charge in [0.1, 0.15) is 41.6 Å². The van der Waals surface area contributed by atoms with Crippen LogP contribution in [0.2, 0.25) is 0 Å². The molecule has 0 aromatic heterocycles. The maximum Gasteiger partial charge on any atom is 0.325 e. The Morgan fingerprint density at radius 3 is 2.15 bits per heavy atom. The van der Waals surface area contributed by atoms with Crippen LogP contribution >= 0.6 is 0 Å². The van der Waals surface area contributed by atoms with Gasteiger partial charge in [-0.3, -0.25) is 19.3 Å². The molecule has 8 rings (SSSR count). The Labute approximate surface area is 311 Å². The van der Waals surface area contributed by atoms with Crippen molar-refractivity contribution in [2.45, 2.75) is 29.6 Å². The second-order valence-electron chi connectivity index (χ2n) is 13.4. The van der Waals surface area contributed by atoms with Crippen LogP contribution in [0.15, 0.2) is 127 Å². The smallest absolute Gasteiger partial charge is 0.325 e. The maximum atomic E-state index is 14.9. The van der Waals surface area contributed by atoms with Crippen LogP contribution in [-0.2, 0) is 24.5 Å². The highest BCUT2D eigenvalue weighted by molar-refractivity contribution is 6.11. The first-order chi connectivity index (χ1) is 26.3. The molecule has 10 heteroatoms. The number of rotatable bonds is 8. The Balaban J connectivity index is 1.38. The van der Waals surface area contributed by atoms with Gasteiger partial charge < -0.3 is 29.7 Å². The number of morpholine rings is 1. The fraction of sp³-hybridized carbons (Fsp3) is 0.205. The highest BCUT2D eigenvalue weighted by atomic mass is 16.6. The number of ether oxygens (including phenoxy) is 3. The fourth-order valence-corrected chi connectivity index (χ4v) is 8.41. The second kappa shape index (κ2) is 14.2. The van der Waals surface area contributed by atoms with E-state index in [4.69, 9.17) is 14.2 Å². The summed E-state index contributed by atoms with van der Waals surface area (Å²) < 4.78 is 17.4. The molecule has 1 amide bonds. The van der Waals surface area contributed by atoms with Crippen LogP contribution in [0.4, 0.5) is 5.69 Å². The van der Waals surface area contributed by atoms with E-state index in [1.54, 1.807) is 43.5 Å². The van der Waals surface area contributed by atoms with Crippen LogP contribution in [0, 0.1) is 17.8 Å². The minimum absolute atomic E-state index is 0.0257. The van der Waals surface area contributed by atoms with Gasteiger partial charge in [0.15, 0.2) is 0 Å². The molecule has 0 radical (unpaired) electrons. The summed E-state index contributed by atoms with van der Waals surface area (Å²) >= 11 is 0. The first kappa shape index (κ1) is 34.7. The quantitative estimate of drug-likeness (QED) is 0.134. The summed E-state index contributed by atoms with van der Waals surface area (Å²) in [6.07, 6.45) is -0.844. The van der Waals surface area contributed by atoms with Gasteiger partial charge >= 0.3 is 11.9 Å². The van der Waals surface area contributed by atoms with Crippen LogP contribution < -0.4 is 14.8 Å². The minimum atomic E-state index is -1.84. The summed E-state index contributed by atoms with van der Waals surface area (Å²) in [7, 11) is 1.59. The van der Waals surface area contributed by atoms with Gasteiger partial charge in [-0.1, -0.05) is 84.6 Å². The lowest BCUT2D eigenvalue weighted by Gasteiger charge is -2.46. The van der Waals surface area contributed by atoms with Crippen molar-refractivity contribution < 1.29 is 38.8 Å². The molecule has 2 fully saturated rings. The van der Waals surface area contributed by atoms with Crippen LogP contribution in [0.1, 0.15) is 51.6 Å². The van der Waals surface area contributed by atoms with E-state index in [2.05, 4.69) is 17.2 Å². The van der Waals surface area contributed by atoms with Crippen molar-refractivity contribution in [1.82, 2.24) is 4.90 Å². The summed E-state index contributed by atoms with van der Waals surface area (Å²) in [6, 6.07) is 35.3. The van der Waals surface area contributed by atoms with Crippen molar-refractivity contribution in [3.8, 4) is 23.3 Å². The first-order valence-electron chi connectivity index (χ1n) is 17.6. The highest BCUT2D eigenvalue weighted by Crippen LogP contribution is 2.64. The lowest BCUT2D eigenvalue weighted by molar-refractivity contribution is -0.179. The number of methoxy groups -OCH3 is 1. The van der Waals surface area contributed by atoms with Crippen molar-refractivity contribution in [2.24, 2.45) is 5.92 Å². The molecule has 6 atom stereocenters. The van der Waals surface area contributed by atoms with Crippen molar-refractivity contribution >= 4 is 23.5 Å². The predicted molar refractivity (Wildman–Crippen MR) is 199 cm³/mol. The average Bonchev–Trinajstić information content (AvgIpc) is 3.69. The number of amides is 1. The number of carboxylic acid groups (broad SMARTS) is 1. The van der Waals surface area contributed by atoms with Gasteiger partial charge in [0.2, 0.25) is 5.91 Å². The van der Waals surface area contributed by atoms with Gasteiger partial charge in [-0.2, -0.15) is 0 Å². The summed E-state index contributed by atoms with van der Waals surface area (Å²) in [5.41, 5.74) is 2.35. The summed E-state index contributed by atoms with van der Waals surface area (Å²) in [5.74, 6) is 3.27. The topological polar surface area (TPSA) is 135 Å². The van der Waals surface area contributed by atoms with Crippen molar-refractivity contribution in [2.75, 3.05) is 25.6 Å². The molecule has 5 aromatic carbocycles. The van der Waals surface area contributed by atoms with E-state index in [0.717, 1.165) is 16.7 Å². The molecular formula is C44H36N2O8. The molecule has 54 heavy (non-hydrogen) atoms. The number of cyclic esters (lactones) is 1. The molecule has 6 unspecified atom stereocenters. The number of carboxylic acids is 1. The number of nitrogens with zero attached hydrogens (tertiary/aromatic N) is 1. The molecule has 3 aliphatic heterocycles. The number of hydrogen-bond acceptors (Lipinski definition) is 8. The van der Waals surface area contributed by atoms with Gasteiger partial charge in [0.25, 0.3) is 0 Å².